The first-order valence-electron chi connectivity index (χ1n) is 4.60. The summed E-state index contributed by atoms with van der Waals surface area (Å²) < 4.78 is 2.62. The molecule has 0 spiro atoms. The van der Waals surface area contributed by atoms with Crippen LogP contribution in [-0.2, 0) is 14.6 Å². The molecular formula is C11H9Br3O3. The third-order valence-corrected chi connectivity index (χ3v) is 3.66. The van der Waals surface area contributed by atoms with E-state index in [0.717, 1.165) is 25.1 Å². The molecule has 1 rings (SSSR count). The standard InChI is InChI=1S/C11H9Br3O3/c1-3-10(15)17-16-6(2)11-8(13)4-7(12)5-9(11)14/h3-6H,1H2,2H3. The lowest BCUT2D eigenvalue weighted by molar-refractivity contribution is -0.293. The molecule has 0 heterocycles. The van der Waals surface area contributed by atoms with Gasteiger partial charge in [-0.15, -0.1) is 0 Å². The summed E-state index contributed by atoms with van der Waals surface area (Å²) in [5.41, 5.74) is 0.852. The Morgan fingerprint density at radius 2 is 1.88 bits per heavy atom. The summed E-state index contributed by atoms with van der Waals surface area (Å²) in [6.07, 6.45) is 0.633. The molecule has 6 heteroatoms. The molecule has 3 nitrogen and oxygen atoms in total. The minimum atomic E-state index is -0.624. The van der Waals surface area contributed by atoms with Gasteiger partial charge >= 0.3 is 5.97 Å². The monoisotopic (exact) mass is 426 g/mol. The highest BCUT2D eigenvalue weighted by atomic mass is 79.9. The second-order valence-corrected chi connectivity index (χ2v) is 5.75. The van der Waals surface area contributed by atoms with Crippen LogP contribution in [0.5, 0.6) is 0 Å². The topological polar surface area (TPSA) is 35.5 Å². The first-order chi connectivity index (χ1) is 7.95. The van der Waals surface area contributed by atoms with Gasteiger partial charge in [-0.3, -0.25) is 4.89 Å². The number of carbonyl (C=O) groups is 1. The molecule has 0 N–H and O–H groups in total. The Hall–Kier alpha value is -0.170. The summed E-state index contributed by atoms with van der Waals surface area (Å²) in [5, 5.41) is 0. The summed E-state index contributed by atoms with van der Waals surface area (Å²) in [7, 11) is 0. The van der Waals surface area contributed by atoms with Crippen molar-refractivity contribution in [2.75, 3.05) is 0 Å². The fourth-order valence-corrected chi connectivity index (χ4v) is 4.05. The van der Waals surface area contributed by atoms with Crippen molar-refractivity contribution >= 4 is 53.8 Å². The molecule has 0 aromatic heterocycles. The van der Waals surface area contributed by atoms with Crippen LogP contribution >= 0.6 is 47.8 Å². The van der Waals surface area contributed by atoms with Crippen molar-refractivity contribution in [2.24, 2.45) is 0 Å². The highest BCUT2D eigenvalue weighted by Gasteiger charge is 2.17. The van der Waals surface area contributed by atoms with Crippen LogP contribution in [-0.4, -0.2) is 5.97 Å². The van der Waals surface area contributed by atoms with Crippen LogP contribution in [0.1, 0.15) is 18.6 Å². The Balaban J connectivity index is 2.85. The average Bonchev–Trinajstić information content (AvgIpc) is 2.24. The third-order valence-electron chi connectivity index (χ3n) is 1.89. The van der Waals surface area contributed by atoms with E-state index in [4.69, 9.17) is 4.89 Å². The van der Waals surface area contributed by atoms with Gasteiger partial charge in [-0.05, 0) is 19.1 Å². The van der Waals surface area contributed by atoms with E-state index in [-0.39, 0.29) is 0 Å². The molecule has 0 fully saturated rings. The Morgan fingerprint density at radius 3 is 2.35 bits per heavy atom. The zero-order valence-electron chi connectivity index (χ0n) is 8.88. The van der Waals surface area contributed by atoms with E-state index >= 15 is 0 Å². The number of hydrogen-bond acceptors (Lipinski definition) is 3. The highest BCUT2D eigenvalue weighted by Crippen LogP contribution is 2.35. The maximum atomic E-state index is 10.9. The summed E-state index contributed by atoms with van der Waals surface area (Å²) >= 11 is 10.2. The van der Waals surface area contributed by atoms with Crippen molar-refractivity contribution in [3.63, 3.8) is 0 Å². The van der Waals surface area contributed by atoms with Gasteiger partial charge in [0, 0.05) is 25.1 Å². The van der Waals surface area contributed by atoms with Gasteiger partial charge < -0.3 is 0 Å². The van der Waals surface area contributed by atoms with Crippen molar-refractivity contribution in [3.05, 3.63) is 43.8 Å². The van der Waals surface area contributed by atoms with Crippen LogP contribution in [0.25, 0.3) is 0 Å². The third kappa shape index (κ3) is 4.21. The lowest BCUT2D eigenvalue weighted by Gasteiger charge is -2.15. The lowest BCUT2D eigenvalue weighted by Crippen LogP contribution is -2.07. The zero-order valence-corrected chi connectivity index (χ0v) is 13.6. The molecule has 0 aliphatic carbocycles. The van der Waals surface area contributed by atoms with Gasteiger partial charge in [-0.1, -0.05) is 54.4 Å². The van der Waals surface area contributed by atoms with Gasteiger partial charge in [-0.2, -0.15) is 4.89 Å². The molecule has 0 bridgehead atoms. The Morgan fingerprint density at radius 1 is 1.35 bits per heavy atom. The minimum Gasteiger partial charge on any atom is -0.293 e. The Kier molecular flexibility index (Phi) is 5.85. The van der Waals surface area contributed by atoms with Crippen molar-refractivity contribution < 1.29 is 14.6 Å². The highest BCUT2D eigenvalue weighted by molar-refractivity contribution is 9.11. The summed E-state index contributed by atoms with van der Waals surface area (Å²) in [5.74, 6) is -0.624. The predicted octanol–water partition coefficient (Wildman–Crippen LogP) is 4.70. The first kappa shape index (κ1) is 14.9. The van der Waals surface area contributed by atoms with Gasteiger partial charge in [0.15, 0.2) is 0 Å². The van der Waals surface area contributed by atoms with E-state index in [1.807, 2.05) is 12.1 Å². The summed E-state index contributed by atoms with van der Waals surface area (Å²) in [6.45, 7) is 5.05. The van der Waals surface area contributed by atoms with Gasteiger partial charge in [0.2, 0.25) is 0 Å². The molecule has 1 aromatic carbocycles. The van der Waals surface area contributed by atoms with E-state index in [2.05, 4.69) is 59.3 Å². The SMILES string of the molecule is C=CC(=O)OOC(C)c1c(Br)cc(Br)cc1Br. The van der Waals surface area contributed by atoms with Crippen molar-refractivity contribution in [1.29, 1.82) is 0 Å². The van der Waals surface area contributed by atoms with Gasteiger partial charge in [0.05, 0.1) is 0 Å². The lowest BCUT2D eigenvalue weighted by atomic mass is 10.1. The molecule has 0 aliphatic rings. The second-order valence-electron chi connectivity index (χ2n) is 3.13. The smallest absolute Gasteiger partial charge is 0.293 e. The van der Waals surface area contributed by atoms with Crippen LogP contribution in [0.4, 0.5) is 0 Å². The maximum Gasteiger partial charge on any atom is 0.365 e. The number of carbonyl (C=O) groups excluding carboxylic acids is 1. The number of hydrogen-bond donors (Lipinski definition) is 0. The molecule has 92 valence electrons. The number of halogens is 3. The zero-order chi connectivity index (χ0) is 13.0. The molecular weight excluding hydrogens is 420 g/mol. The normalized spacial score (nSPS) is 12.0. The second kappa shape index (κ2) is 6.68. The van der Waals surface area contributed by atoms with E-state index in [0.29, 0.717) is 0 Å². The van der Waals surface area contributed by atoms with Gasteiger partial charge in [0.1, 0.15) is 6.10 Å². The quantitative estimate of drug-likeness (QED) is 0.396. The predicted molar refractivity (Wildman–Crippen MR) is 75.3 cm³/mol. The number of rotatable bonds is 4. The van der Waals surface area contributed by atoms with Crippen LogP contribution in [0, 0.1) is 0 Å². The molecule has 0 saturated heterocycles. The van der Waals surface area contributed by atoms with E-state index < -0.39 is 12.1 Å². The summed E-state index contributed by atoms with van der Waals surface area (Å²) in [4.78, 5) is 20.4. The molecule has 0 radical (unpaired) electrons. The fourth-order valence-electron chi connectivity index (χ4n) is 1.14. The largest absolute Gasteiger partial charge is 0.365 e. The molecule has 17 heavy (non-hydrogen) atoms. The van der Waals surface area contributed by atoms with E-state index in [9.17, 15) is 4.79 Å². The van der Waals surface area contributed by atoms with E-state index in [1.54, 1.807) is 6.92 Å². The maximum absolute atomic E-state index is 10.9. The average molecular weight is 429 g/mol. The Bertz CT molecular complexity index is 423. The Labute approximate surface area is 124 Å². The van der Waals surface area contributed by atoms with Gasteiger partial charge in [-0.25, -0.2) is 4.79 Å². The van der Waals surface area contributed by atoms with Crippen molar-refractivity contribution in [2.45, 2.75) is 13.0 Å². The molecule has 1 unspecified atom stereocenters. The molecule has 0 amide bonds. The van der Waals surface area contributed by atoms with Crippen LogP contribution < -0.4 is 0 Å². The minimum absolute atomic E-state index is 0.407. The van der Waals surface area contributed by atoms with Crippen LogP contribution in [0.15, 0.2) is 38.2 Å². The fraction of sp³-hybridized carbons (Fsp3) is 0.182. The molecule has 0 saturated carbocycles. The molecule has 1 aromatic rings. The summed E-state index contributed by atoms with van der Waals surface area (Å²) in [6, 6.07) is 3.77. The molecule has 1 atom stereocenters. The first-order valence-corrected chi connectivity index (χ1v) is 6.97. The number of benzene rings is 1. The van der Waals surface area contributed by atoms with Crippen LogP contribution in [0.2, 0.25) is 0 Å². The van der Waals surface area contributed by atoms with Crippen molar-refractivity contribution in [1.82, 2.24) is 0 Å². The van der Waals surface area contributed by atoms with Crippen LogP contribution in [0.3, 0.4) is 0 Å². The van der Waals surface area contributed by atoms with Crippen molar-refractivity contribution in [3.8, 4) is 0 Å². The molecule has 0 aliphatic heterocycles. The van der Waals surface area contributed by atoms with Gasteiger partial charge in [0.25, 0.3) is 0 Å². The van der Waals surface area contributed by atoms with E-state index in [1.165, 1.54) is 0 Å².